The summed E-state index contributed by atoms with van der Waals surface area (Å²) in [6.07, 6.45) is 11.9. The predicted molar refractivity (Wildman–Crippen MR) is 91.6 cm³/mol. The van der Waals surface area contributed by atoms with Crippen LogP contribution in [0, 0.1) is 11.8 Å². The minimum atomic E-state index is -1.47. The van der Waals surface area contributed by atoms with Gasteiger partial charge in [0, 0.05) is 23.5 Å². The Bertz CT molecular complexity index is 514. The molecule has 0 aromatic heterocycles. The first-order chi connectivity index (χ1) is 11.1. The number of hydrogen-bond acceptors (Lipinski definition) is 3. The van der Waals surface area contributed by atoms with Crippen LogP contribution in [0.15, 0.2) is 22.7 Å². The number of likely N-dealkylation sites (tertiary alicyclic amines) is 1. The summed E-state index contributed by atoms with van der Waals surface area (Å²) in [7, 11) is -1.47. The standard InChI is InChI=1S/C17H25BClNO3/c19-16-11-14(18(22)23)7-6-12(16)10-13-8-9-20(17(13)21)15-4-2-1-3-5-15/h7,11-13,15,22-23H,1-6,8-10H2. The second-order valence-corrected chi connectivity index (χ2v) is 7.52. The lowest BCUT2D eigenvalue weighted by atomic mass is 9.74. The van der Waals surface area contributed by atoms with Crippen LogP contribution in [0.5, 0.6) is 0 Å². The zero-order valence-electron chi connectivity index (χ0n) is 13.5. The minimum Gasteiger partial charge on any atom is -0.423 e. The van der Waals surface area contributed by atoms with Crippen LogP contribution < -0.4 is 0 Å². The normalized spacial score (nSPS) is 29.5. The number of halogens is 1. The summed E-state index contributed by atoms with van der Waals surface area (Å²) < 4.78 is 0. The molecule has 4 nitrogen and oxygen atoms in total. The maximum atomic E-state index is 12.7. The van der Waals surface area contributed by atoms with Crippen molar-refractivity contribution >= 4 is 24.6 Å². The minimum absolute atomic E-state index is 0.0677. The summed E-state index contributed by atoms with van der Waals surface area (Å²) in [5.74, 6) is 0.496. The first-order valence-electron chi connectivity index (χ1n) is 8.80. The van der Waals surface area contributed by atoms with E-state index in [9.17, 15) is 14.8 Å². The van der Waals surface area contributed by atoms with Gasteiger partial charge in [0.2, 0.25) is 5.91 Å². The largest absolute Gasteiger partial charge is 0.488 e. The molecule has 0 aromatic rings. The van der Waals surface area contributed by atoms with E-state index in [0.717, 1.165) is 32.2 Å². The van der Waals surface area contributed by atoms with Gasteiger partial charge in [-0.2, -0.15) is 0 Å². The number of carbonyl (C=O) groups excluding carboxylic acids is 1. The van der Waals surface area contributed by atoms with Crippen LogP contribution in [-0.4, -0.2) is 40.6 Å². The Morgan fingerprint density at radius 1 is 1.17 bits per heavy atom. The fourth-order valence-electron chi connectivity index (χ4n) is 4.20. The molecule has 6 heteroatoms. The number of carbonyl (C=O) groups is 1. The van der Waals surface area contributed by atoms with E-state index in [2.05, 4.69) is 4.90 Å². The van der Waals surface area contributed by atoms with E-state index in [1.807, 2.05) is 6.08 Å². The van der Waals surface area contributed by atoms with Crippen molar-refractivity contribution in [1.82, 2.24) is 4.90 Å². The van der Waals surface area contributed by atoms with Gasteiger partial charge in [0.25, 0.3) is 0 Å². The Morgan fingerprint density at radius 2 is 1.91 bits per heavy atom. The molecule has 2 unspecified atom stereocenters. The van der Waals surface area contributed by atoms with Crippen LogP contribution in [0.2, 0.25) is 0 Å². The lowest BCUT2D eigenvalue weighted by molar-refractivity contribution is -0.133. The molecule has 0 radical (unpaired) electrons. The quantitative estimate of drug-likeness (QED) is 0.775. The van der Waals surface area contributed by atoms with Gasteiger partial charge in [-0.1, -0.05) is 36.9 Å². The zero-order chi connectivity index (χ0) is 16.4. The van der Waals surface area contributed by atoms with E-state index in [-0.39, 0.29) is 11.8 Å². The van der Waals surface area contributed by atoms with Gasteiger partial charge in [-0.05, 0) is 49.6 Å². The van der Waals surface area contributed by atoms with Gasteiger partial charge in [-0.3, -0.25) is 4.79 Å². The molecule has 1 aliphatic heterocycles. The van der Waals surface area contributed by atoms with Crippen molar-refractivity contribution in [2.75, 3.05) is 6.54 Å². The fraction of sp³-hybridized carbons (Fsp3) is 0.706. The summed E-state index contributed by atoms with van der Waals surface area (Å²) in [5, 5.41) is 19.1. The molecule has 1 saturated carbocycles. The molecule has 2 atom stereocenters. The molecule has 2 N–H and O–H groups in total. The highest BCUT2D eigenvalue weighted by molar-refractivity contribution is 6.52. The summed E-state index contributed by atoms with van der Waals surface area (Å²) in [6, 6.07) is 0.453. The molecule has 2 aliphatic carbocycles. The van der Waals surface area contributed by atoms with Crippen LogP contribution in [0.1, 0.15) is 51.4 Å². The monoisotopic (exact) mass is 337 g/mol. The van der Waals surface area contributed by atoms with Gasteiger partial charge < -0.3 is 14.9 Å². The summed E-state index contributed by atoms with van der Waals surface area (Å²) in [5.41, 5.74) is 0.452. The second kappa shape index (κ2) is 7.41. The van der Waals surface area contributed by atoms with Gasteiger partial charge in [-0.15, -0.1) is 0 Å². The second-order valence-electron chi connectivity index (χ2n) is 7.08. The third kappa shape index (κ3) is 3.84. The maximum absolute atomic E-state index is 12.7. The smallest absolute Gasteiger partial charge is 0.423 e. The van der Waals surface area contributed by atoms with Crippen molar-refractivity contribution < 1.29 is 14.8 Å². The SMILES string of the molecule is O=C1C(CC2CC=C(B(O)O)C=C2Cl)CCN1C1CCCCC1. The first-order valence-corrected chi connectivity index (χ1v) is 9.18. The number of amides is 1. The van der Waals surface area contributed by atoms with E-state index in [1.165, 1.54) is 19.3 Å². The van der Waals surface area contributed by atoms with Crippen molar-refractivity contribution in [3.8, 4) is 0 Å². The summed E-state index contributed by atoms with van der Waals surface area (Å²) >= 11 is 6.31. The maximum Gasteiger partial charge on any atom is 0.488 e. The average molecular weight is 338 g/mol. The molecular formula is C17H25BClNO3. The van der Waals surface area contributed by atoms with Crippen molar-refractivity contribution in [2.45, 2.75) is 57.4 Å². The van der Waals surface area contributed by atoms with Gasteiger partial charge in [0.05, 0.1) is 0 Å². The van der Waals surface area contributed by atoms with Crippen LogP contribution in [-0.2, 0) is 4.79 Å². The molecule has 0 aromatic carbocycles. The van der Waals surface area contributed by atoms with Crippen molar-refractivity contribution in [2.24, 2.45) is 11.8 Å². The molecule has 0 bridgehead atoms. The van der Waals surface area contributed by atoms with E-state index in [0.29, 0.717) is 28.9 Å². The topological polar surface area (TPSA) is 60.8 Å². The number of rotatable bonds is 4. The Morgan fingerprint density at radius 3 is 2.57 bits per heavy atom. The van der Waals surface area contributed by atoms with Crippen LogP contribution >= 0.6 is 11.6 Å². The van der Waals surface area contributed by atoms with E-state index in [4.69, 9.17) is 11.6 Å². The molecule has 2 fully saturated rings. The van der Waals surface area contributed by atoms with Crippen LogP contribution in [0.3, 0.4) is 0 Å². The number of allylic oxidation sites excluding steroid dienone is 4. The molecule has 23 heavy (non-hydrogen) atoms. The Balaban J connectivity index is 1.57. The van der Waals surface area contributed by atoms with E-state index >= 15 is 0 Å². The lowest BCUT2D eigenvalue weighted by Crippen LogP contribution is -2.39. The van der Waals surface area contributed by atoms with Gasteiger partial charge in [-0.25, -0.2) is 0 Å². The highest BCUT2D eigenvalue weighted by Gasteiger charge is 2.38. The van der Waals surface area contributed by atoms with Crippen molar-refractivity contribution in [3.63, 3.8) is 0 Å². The molecule has 1 saturated heterocycles. The van der Waals surface area contributed by atoms with E-state index in [1.54, 1.807) is 6.08 Å². The van der Waals surface area contributed by atoms with E-state index < -0.39 is 7.12 Å². The third-order valence-electron chi connectivity index (χ3n) is 5.57. The molecule has 0 spiro atoms. The molecule has 3 aliphatic rings. The highest BCUT2D eigenvalue weighted by Crippen LogP contribution is 2.37. The molecule has 3 rings (SSSR count). The highest BCUT2D eigenvalue weighted by atomic mass is 35.5. The lowest BCUT2D eigenvalue weighted by Gasteiger charge is -2.31. The van der Waals surface area contributed by atoms with Crippen LogP contribution in [0.25, 0.3) is 0 Å². The molecule has 1 amide bonds. The Labute approximate surface area is 143 Å². The summed E-state index contributed by atoms with van der Waals surface area (Å²) in [6.45, 7) is 0.888. The number of hydrogen-bond donors (Lipinski definition) is 2. The van der Waals surface area contributed by atoms with Gasteiger partial charge >= 0.3 is 7.12 Å². The van der Waals surface area contributed by atoms with Crippen LogP contribution in [0.4, 0.5) is 0 Å². The summed E-state index contributed by atoms with van der Waals surface area (Å²) in [4.78, 5) is 14.8. The van der Waals surface area contributed by atoms with Gasteiger partial charge in [0.1, 0.15) is 0 Å². The average Bonchev–Trinajstić information content (AvgIpc) is 2.91. The fourth-order valence-corrected chi connectivity index (χ4v) is 4.50. The Hall–Kier alpha value is -0.775. The Kier molecular flexibility index (Phi) is 5.50. The van der Waals surface area contributed by atoms with Gasteiger partial charge in [0.15, 0.2) is 0 Å². The predicted octanol–water partition coefficient (Wildman–Crippen LogP) is 2.64. The first kappa shape index (κ1) is 17.1. The third-order valence-corrected chi connectivity index (χ3v) is 5.98. The molecular weight excluding hydrogens is 312 g/mol. The van der Waals surface area contributed by atoms with Crippen molar-refractivity contribution in [3.05, 3.63) is 22.7 Å². The zero-order valence-corrected chi connectivity index (χ0v) is 14.2. The number of nitrogens with zero attached hydrogens (tertiary/aromatic N) is 1. The molecule has 126 valence electrons. The molecule has 1 heterocycles. The van der Waals surface area contributed by atoms with Crippen molar-refractivity contribution in [1.29, 1.82) is 0 Å².